The van der Waals surface area contributed by atoms with Crippen LogP contribution in [0.3, 0.4) is 0 Å². The highest BCUT2D eigenvalue weighted by Crippen LogP contribution is 2.21. The van der Waals surface area contributed by atoms with Gasteiger partial charge in [-0.3, -0.25) is 0 Å². The molecule has 0 saturated carbocycles. The van der Waals surface area contributed by atoms with Crippen molar-refractivity contribution in [1.29, 1.82) is 0 Å². The van der Waals surface area contributed by atoms with Crippen LogP contribution in [0.4, 0.5) is 5.82 Å². The lowest BCUT2D eigenvalue weighted by molar-refractivity contribution is 0.170. The first-order valence-corrected chi connectivity index (χ1v) is 6.52. The molecule has 0 fully saturated rings. The topological polar surface area (TPSA) is 54.8 Å². The van der Waals surface area contributed by atoms with Crippen molar-refractivity contribution in [3.05, 3.63) is 22.8 Å². The van der Waals surface area contributed by atoms with Gasteiger partial charge in [0.15, 0.2) is 0 Å². The van der Waals surface area contributed by atoms with Crippen LogP contribution in [0, 0.1) is 0 Å². The molecule has 1 aromatic rings. The van der Waals surface area contributed by atoms with Crippen molar-refractivity contribution >= 4 is 17.4 Å². The molecular weight excluding hydrogens is 268 g/mol. The largest absolute Gasteiger partial charge is 0.390 e. The zero-order valence-electron chi connectivity index (χ0n) is 11.6. The zero-order valence-corrected chi connectivity index (χ0v) is 12.4. The lowest BCUT2D eigenvalue weighted by atomic mass is 10.2. The summed E-state index contributed by atoms with van der Waals surface area (Å²) < 4.78 is 10.3. The van der Waals surface area contributed by atoms with E-state index in [2.05, 4.69) is 9.88 Å². The lowest BCUT2D eigenvalue weighted by Gasteiger charge is -2.30. The van der Waals surface area contributed by atoms with E-state index in [0.29, 0.717) is 30.5 Å². The fourth-order valence-corrected chi connectivity index (χ4v) is 1.99. The van der Waals surface area contributed by atoms with Crippen LogP contribution < -0.4 is 4.90 Å². The van der Waals surface area contributed by atoms with Crippen molar-refractivity contribution in [3.8, 4) is 0 Å². The van der Waals surface area contributed by atoms with Gasteiger partial charge in [0, 0.05) is 20.8 Å². The summed E-state index contributed by atoms with van der Waals surface area (Å²) in [6.07, 6.45) is 0. The second-order valence-electron chi connectivity index (χ2n) is 4.25. The normalized spacial score (nSPS) is 12.5. The number of hydrogen-bond donors (Lipinski definition) is 1. The number of hydrogen-bond acceptors (Lipinski definition) is 5. The zero-order chi connectivity index (χ0) is 14.3. The Hall–Kier alpha value is -0.880. The quantitative estimate of drug-likeness (QED) is 0.789. The van der Waals surface area contributed by atoms with Crippen LogP contribution in [0.25, 0.3) is 0 Å². The molecule has 19 heavy (non-hydrogen) atoms. The third-order valence-corrected chi connectivity index (χ3v) is 3.17. The Balaban J connectivity index is 2.95. The third-order valence-electron chi connectivity index (χ3n) is 2.82. The first kappa shape index (κ1) is 16.2. The number of aromatic nitrogens is 1. The smallest absolute Gasteiger partial charge is 0.129 e. The van der Waals surface area contributed by atoms with E-state index in [0.717, 1.165) is 5.82 Å². The summed E-state index contributed by atoms with van der Waals surface area (Å²) in [5.41, 5.74) is 0.478. The number of pyridine rings is 1. The Kier molecular flexibility index (Phi) is 7.09. The highest BCUT2D eigenvalue weighted by atomic mass is 35.5. The second kappa shape index (κ2) is 8.32. The Morgan fingerprint density at radius 1 is 1.37 bits per heavy atom. The molecule has 6 heteroatoms. The van der Waals surface area contributed by atoms with Crippen LogP contribution in [0.5, 0.6) is 0 Å². The van der Waals surface area contributed by atoms with Gasteiger partial charge in [-0.15, -0.1) is 0 Å². The molecule has 0 aliphatic heterocycles. The van der Waals surface area contributed by atoms with E-state index in [9.17, 15) is 5.11 Å². The SMILES string of the molecule is COCCN(c1ccc(Cl)c(CO)n1)C(C)COC. The van der Waals surface area contributed by atoms with Gasteiger partial charge in [-0.2, -0.15) is 0 Å². The number of rotatable bonds is 8. The molecule has 5 nitrogen and oxygen atoms in total. The van der Waals surface area contributed by atoms with Gasteiger partial charge >= 0.3 is 0 Å². The maximum absolute atomic E-state index is 9.23. The molecule has 1 heterocycles. The standard InChI is InChI=1S/C13H21ClN2O3/c1-10(9-19-3)16(6-7-18-2)13-5-4-11(14)12(8-17)15-13/h4-5,10,17H,6-9H2,1-3H3. The van der Waals surface area contributed by atoms with Crippen LogP contribution in [-0.2, 0) is 16.1 Å². The monoisotopic (exact) mass is 288 g/mol. The Labute approximate surface area is 119 Å². The molecule has 0 saturated heterocycles. The third kappa shape index (κ3) is 4.62. The van der Waals surface area contributed by atoms with Gasteiger partial charge in [-0.25, -0.2) is 4.98 Å². The molecule has 108 valence electrons. The number of anilines is 1. The summed E-state index contributed by atoms with van der Waals surface area (Å²) in [7, 11) is 3.33. The molecule has 0 aliphatic rings. The van der Waals surface area contributed by atoms with E-state index in [4.69, 9.17) is 21.1 Å². The van der Waals surface area contributed by atoms with Crippen molar-refractivity contribution in [2.75, 3.05) is 38.9 Å². The summed E-state index contributed by atoms with van der Waals surface area (Å²) in [5, 5.41) is 9.70. The Morgan fingerprint density at radius 3 is 2.68 bits per heavy atom. The summed E-state index contributed by atoms with van der Waals surface area (Å²) in [4.78, 5) is 6.45. The number of aliphatic hydroxyl groups excluding tert-OH is 1. The molecule has 0 radical (unpaired) electrons. The van der Waals surface area contributed by atoms with Crippen LogP contribution in [0.2, 0.25) is 5.02 Å². The predicted molar refractivity (Wildman–Crippen MR) is 75.7 cm³/mol. The van der Waals surface area contributed by atoms with Gasteiger partial charge in [-0.05, 0) is 19.1 Å². The van der Waals surface area contributed by atoms with E-state index in [1.54, 1.807) is 20.3 Å². The van der Waals surface area contributed by atoms with E-state index in [1.165, 1.54) is 0 Å². The molecule has 1 N–H and O–H groups in total. The van der Waals surface area contributed by atoms with Crippen LogP contribution >= 0.6 is 11.6 Å². The van der Waals surface area contributed by atoms with Gasteiger partial charge in [0.05, 0.1) is 36.6 Å². The summed E-state index contributed by atoms with van der Waals surface area (Å²) in [6, 6.07) is 3.73. The molecular formula is C13H21ClN2O3. The average Bonchev–Trinajstić information content (AvgIpc) is 2.41. The van der Waals surface area contributed by atoms with Gasteiger partial charge in [0.1, 0.15) is 5.82 Å². The summed E-state index contributed by atoms with van der Waals surface area (Å²) >= 11 is 5.96. The fourth-order valence-electron chi connectivity index (χ4n) is 1.83. The number of aliphatic hydroxyl groups is 1. The van der Waals surface area contributed by atoms with Gasteiger partial charge in [0.25, 0.3) is 0 Å². The van der Waals surface area contributed by atoms with E-state index < -0.39 is 0 Å². The minimum absolute atomic E-state index is 0.153. The van der Waals surface area contributed by atoms with E-state index in [1.807, 2.05) is 13.0 Å². The molecule has 1 rings (SSSR count). The number of halogens is 1. The minimum Gasteiger partial charge on any atom is -0.390 e. The molecule has 0 aliphatic carbocycles. The Morgan fingerprint density at radius 2 is 2.11 bits per heavy atom. The first-order valence-electron chi connectivity index (χ1n) is 6.14. The van der Waals surface area contributed by atoms with Crippen molar-refractivity contribution < 1.29 is 14.6 Å². The molecule has 0 amide bonds. The van der Waals surface area contributed by atoms with Crippen LogP contribution in [0.1, 0.15) is 12.6 Å². The minimum atomic E-state index is -0.177. The van der Waals surface area contributed by atoms with Crippen molar-refractivity contribution in [1.82, 2.24) is 4.98 Å². The molecule has 1 aromatic heterocycles. The van der Waals surface area contributed by atoms with Crippen molar-refractivity contribution in [2.24, 2.45) is 0 Å². The van der Waals surface area contributed by atoms with E-state index >= 15 is 0 Å². The maximum atomic E-state index is 9.23. The highest BCUT2D eigenvalue weighted by molar-refractivity contribution is 6.31. The highest BCUT2D eigenvalue weighted by Gasteiger charge is 2.16. The predicted octanol–water partition coefficient (Wildman–Crippen LogP) is 1.72. The molecule has 0 bridgehead atoms. The molecule has 1 unspecified atom stereocenters. The number of methoxy groups -OCH3 is 2. The van der Waals surface area contributed by atoms with Gasteiger partial charge in [-0.1, -0.05) is 11.6 Å². The molecule has 1 atom stereocenters. The Bertz CT molecular complexity index is 390. The first-order chi connectivity index (χ1) is 9.13. The van der Waals surface area contributed by atoms with Crippen LogP contribution in [0.15, 0.2) is 12.1 Å². The van der Waals surface area contributed by atoms with Crippen molar-refractivity contribution in [3.63, 3.8) is 0 Å². The second-order valence-corrected chi connectivity index (χ2v) is 4.65. The maximum Gasteiger partial charge on any atom is 0.129 e. The summed E-state index contributed by atoms with van der Waals surface area (Å²) in [5.74, 6) is 0.759. The van der Waals surface area contributed by atoms with Crippen molar-refractivity contribution in [2.45, 2.75) is 19.6 Å². The molecule has 0 spiro atoms. The van der Waals surface area contributed by atoms with E-state index in [-0.39, 0.29) is 12.6 Å². The van der Waals surface area contributed by atoms with Gasteiger partial charge in [0.2, 0.25) is 0 Å². The average molecular weight is 289 g/mol. The molecule has 0 aromatic carbocycles. The number of ether oxygens (including phenoxy) is 2. The number of nitrogens with zero attached hydrogens (tertiary/aromatic N) is 2. The van der Waals surface area contributed by atoms with Gasteiger partial charge < -0.3 is 19.5 Å². The summed E-state index contributed by atoms with van der Waals surface area (Å²) in [6.45, 7) is 3.74. The van der Waals surface area contributed by atoms with Crippen LogP contribution in [-0.4, -0.2) is 50.1 Å². The lowest BCUT2D eigenvalue weighted by Crippen LogP contribution is -2.39. The fraction of sp³-hybridized carbons (Fsp3) is 0.615.